The van der Waals surface area contributed by atoms with Gasteiger partial charge < -0.3 is 10.0 Å². The largest absolute Gasteiger partial charge is 0.392 e. The molecule has 1 heterocycles. The molecule has 0 saturated heterocycles. The Balaban J connectivity index is 2.30. The molecule has 1 aromatic carbocycles. The summed E-state index contributed by atoms with van der Waals surface area (Å²) in [7, 11) is 0. The van der Waals surface area contributed by atoms with E-state index in [4.69, 9.17) is 11.6 Å². The van der Waals surface area contributed by atoms with Crippen LogP contribution in [-0.2, 0) is 6.61 Å². The van der Waals surface area contributed by atoms with E-state index >= 15 is 0 Å². The van der Waals surface area contributed by atoms with Gasteiger partial charge >= 0.3 is 0 Å². The Morgan fingerprint density at radius 3 is 2.88 bits per heavy atom. The second-order valence-electron chi connectivity index (χ2n) is 4.14. The minimum absolute atomic E-state index is 0.00575. The Bertz CT molecular complexity index is 414. The third-order valence-electron chi connectivity index (χ3n) is 3.03. The molecule has 2 nitrogen and oxygen atoms in total. The SMILES string of the molecule is CC1=CCN(c2cccc(Cl)c2CO)CC1. The monoisotopic (exact) mass is 237 g/mol. The number of rotatable bonds is 2. The molecule has 0 aliphatic carbocycles. The van der Waals surface area contributed by atoms with Gasteiger partial charge in [-0.2, -0.15) is 0 Å². The summed E-state index contributed by atoms with van der Waals surface area (Å²) in [6.07, 6.45) is 3.31. The van der Waals surface area contributed by atoms with Crippen LogP contribution in [0.5, 0.6) is 0 Å². The summed E-state index contributed by atoms with van der Waals surface area (Å²) in [4.78, 5) is 2.25. The molecule has 0 saturated carbocycles. The number of halogens is 1. The van der Waals surface area contributed by atoms with Gasteiger partial charge in [0.2, 0.25) is 0 Å². The van der Waals surface area contributed by atoms with Gasteiger partial charge in [0, 0.05) is 29.4 Å². The van der Waals surface area contributed by atoms with Gasteiger partial charge in [0.05, 0.1) is 6.61 Å². The number of benzene rings is 1. The molecule has 1 aliphatic rings. The molecule has 1 N–H and O–H groups in total. The molecular formula is C13H16ClNO. The van der Waals surface area contributed by atoms with E-state index < -0.39 is 0 Å². The van der Waals surface area contributed by atoms with E-state index in [1.165, 1.54) is 5.57 Å². The zero-order chi connectivity index (χ0) is 11.5. The molecule has 2 rings (SSSR count). The molecule has 1 aromatic rings. The predicted octanol–water partition coefficient (Wildman–Crippen LogP) is 2.99. The molecular weight excluding hydrogens is 222 g/mol. The van der Waals surface area contributed by atoms with E-state index in [1.54, 1.807) is 0 Å². The third kappa shape index (κ3) is 2.23. The van der Waals surface area contributed by atoms with Crippen molar-refractivity contribution in [2.45, 2.75) is 20.0 Å². The van der Waals surface area contributed by atoms with Crippen molar-refractivity contribution in [1.82, 2.24) is 0 Å². The number of aliphatic hydroxyl groups is 1. The quantitative estimate of drug-likeness (QED) is 0.800. The van der Waals surface area contributed by atoms with Gasteiger partial charge in [-0.05, 0) is 25.5 Å². The molecule has 0 amide bonds. The summed E-state index contributed by atoms with van der Waals surface area (Å²) in [5.74, 6) is 0. The van der Waals surface area contributed by atoms with Crippen LogP contribution in [0.15, 0.2) is 29.8 Å². The first kappa shape index (κ1) is 11.5. The van der Waals surface area contributed by atoms with Crippen LogP contribution in [0.1, 0.15) is 18.9 Å². The fourth-order valence-electron chi connectivity index (χ4n) is 1.99. The Kier molecular flexibility index (Phi) is 3.52. The zero-order valence-electron chi connectivity index (χ0n) is 9.41. The minimum atomic E-state index is -0.00575. The van der Waals surface area contributed by atoms with Crippen molar-refractivity contribution in [3.63, 3.8) is 0 Å². The highest BCUT2D eigenvalue weighted by atomic mass is 35.5. The first-order chi connectivity index (χ1) is 7.72. The number of hydrogen-bond acceptors (Lipinski definition) is 2. The number of hydrogen-bond donors (Lipinski definition) is 1. The van der Waals surface area contributed by atoms with Crippen molar-refractivity contribution in [3.05, 3.63) is 40.4 Å². The molecule has 0 atom stereocenters. The summed E-state index contributed by atoms with van der Waals surface area (Å²) in [6.45, 7) is 4.05. The highest BCUT2D eigenvalue weighted by molar-refractivity contribution is 6.31. The molecule has 0 fully saturated rings. The first-order valence-corrected chi connectivity index (χ1v) is 5.89. The first-order valence-electron chi connectivity index (χ1n) is 5.51. The molecule has 16 heavy (non-hydrogen) atoms. The summed E-state index contributed by atoms with van der Waals surface area (Å²) in [5, 5.41) is 10.0. The molecule has 0 aromatic heterocycles. The zero-order valence-corrected chi connectivity index (χ0v) is 10.2. The van der Waals surface area contributed by atoms with Gasteiger partial charge in [0.15, 0.2) is 0 Å². The number of nitrogens with zero attached hydrogens (tertiary/aromatic N) is 1. The van der Waals surface area contributed by atoms with Gasteiger partial charge in [0.1, 0.15) is 0 Å². The second kappa shape index (κ2) is 4.89. The molecule has 86 valence electrons. The topological polar surface area (TPSA) is 23.5 Å². The van der Waals surface area contributed by atoms with E-state index in [9.17, 15) is 5.11 Å². The Hall–Kier alpha value is -0.990. The van der Waals surface area contributed by atoms with E-state index in [1.807, 2.05) is 18.2 Å². The maximum atomic E-state index is 9.36. The standard InChI is InChI=1S/C13H16ClNO/c1-10-5-7-15(8-6-10)13-4-2-3-12(14)11(13)9-16/h2-5,16H,6-9H2,1H3. The van der Waals surface area contributed by atoms with E-state index in [0.29, 0.717) is 5.02 Å². The van der Waals surface area contributed by atoms with E-state index in [2.05, 4.69) is 17.9 Å². The molecule has 0 bridgehead atoms. The maximum Gasteiger partial charge on any atom is 0.0716 e. The lowest BCUT2D eigenvalue weighted by Gasteiger charge is -2.29. The smallest absolute Gasteiger partial charge is 0.0716 e. The Morgan fingerprint density at radius 2 is 2.25 bits per heavy atom. The normalized spacial score (nSPS) is 16.2. The van der Waals surface area contributed by atoms with Crippen LogP contribution in [0, 0.1) is 0 Å². The highest BCUT2D eigenvalue weighted by Gasteiger charge is 2.14. The molecule has 0 unspecified atom stereocenters. The van der Waals surface area contributed by atoms with Crippen LogP contribution in [0.25, 0.3) is 0 Å². The van der Waals surface area contributed by atoms with Gasteiger partial charge in [-0.3, -0.25) is 0 Å². The highest BCUT2D eigenvalue weighted by Crippen LogP contribution is 2.29. The summed E-state index contributed by atoms with van der Waals surface area (Å²) >= 11 is 6.08. The molecule has 0 radical (unpaired) electrons. The van der Waals surface area contributed by atoms with Crippen molar-refractivity contribution >= 4 is 17.3 Å². The lowest BCUT2D eigenvalue weighted by molar-refractivity contribution is 0.282. The second-order valence-corrected chi connectivity index (χ2v) is 4.55. The van der Waals surface area contributed by atoms with E-state index in [0.717, 1.165) is 30.8 Å². The minimum Gasteiger partial charge on any atom is -0.392 e. The van der Waals surface area contributed by atoms with Crippen LogP contribution >= 0.6 is 11.6 Å². The van der Waals surface area contributed by atoms with E-state index in [-0.39, 0.29) is 6.61 Å². The average molecular weight is 238 g/mol. The van der Waals surface area contributed by atoms with Gasteiger partial charge in [-0.25, -0.2) is 0 Å². The number of anilines is 1. The predicted molar refractivity (Wildman–Crippen MR) is 68.0 cm³/mol. The lowest BCUT2D eigenvalue weighted by Crippen LogP contribution is -2.29. The van der Waals surface area contributed by atoms with Crippen molar-refractivity contribution in [2.24, 2.45) is 0 Å². The van der Waals surface area contributed by atoms with Crippen molar-refractivity contribution in [1.29, 1.82) is 0 Å². The van der Waals surface area contributed by atoms with Crippen molar-refractivity contribution < 1.29 is 5.11 Å². The van der Waals surface area contributed by atoms with Crippen molar-refractivity contribution in [2.75, 3.05) is 18.0 Å². The van der Waals surface area contributed by atoms with Crippen molar-refractivity contribution in [3.8, 4) is 0 Å². The van der Waals surface area contributed by atoms with Crippen LogP contribution in [-0.4, -0.2) is 18.2 Å². The van der Waals surface area contributed by atoms with Gasteiger partial charge in [-0.15, -0.1) is 0 Å². The molecule has 3 heteroatoms. The van der Waals surface area contributed by atoms with Crippen LogP contribution in [0.3, 0.4) is 0 Å². The number of aliphatic hydroxyl groups excluding tert-OH is 1. The molecule has 1 aliphatic heterocycles. The summed E-state index contributed by atoms with van der Waals surface area (Å²) in [6, 6.07) is 5.77. The van der Waals surface area contributed by atoms with Crippen LogP contribution < -0.4 is 4.90 Å². The summed E-state index contributed by atoms with van der Waals surface area (Å²) < 4.78 is 0. The molecule has 0 spiro atoms. The average Bonchev–Trinajstić information content (AvgIpc) is 2.30. The Labute approximate surface area is 101 Å². The summed E-state index contributed by atoms with van der Waals surface area (Å²) in [5.41, 5.74) is 3.32. The van der Waals surface area contributed by atoms with Gasteiger partial charge in [0.25, 0.3) is 0 Å². The van der Waals surface area contributed by atoms with Crippen LogP contribution in [0.2, 0.25) is 5.02 Å². The maximum absolute atomic E-state index is 9.36. The van der Waals surface area contributed by atoms with Crippen LogP contribution in [0.4, 0.5) is 5.69 Å². The van der Waals surface area contributed by atoms with Gasteiger partial charge in [-0.1, -0.05) is 29.3 Å². The fraction of sp³-hybridized carbons (Fsp3) is 0.385. The fourth-order valence-corrected chi connectivity index (χ4v) is 2.22. The third-order valence-corrected chi connectivity index (χ3v) is 3.38. The lowest BCUT2D eigenvalue weighted by atomic mass is 10.1. The Morgan fingerprint density at radius 1 is 1.44 bits per heavy atom.